The Bertz CT molecular complexity index is 1470. The van der Waals surface area contributed by atoms with Gasteiger partial charge in [0.05, 0.1) is 0 Å². The molecule has 0 aliphatic rings. The second-order valence-corrected chi connectivity index (χ2v) is 22.0. The van der Waals surface area contributed by atoms with E-state index in [9.17, 15) is 14.4 Å². The molecular weight excluding hydrogens is 949 g/mol. The molecule has 0 amide bonds. The molecule has 0 aromatic heterocycles. The van der Waals surface area contributed by atoms with E-state index in [0.717, 1.165) is 70.6 Å². The molecule has 0 aromatic carbocycles. The second-order valence-electron chi connectivity index (χ2n) is 22.0. The molecule has 1 unspecified atom stereocenters. The maximum atomic E-state index is 12.9. The Morgan fingerprint density at radius 2 is 0.532 bits per heavy atom. The summed E-state index contributed by atoms with van der Waals surface area (Å²) < 4.78 is 16.8. The van der Waals surface area contributed by atoms with Crippen molar-refractivity contribution in [1.82, 2.24) is 0 Å². The van der Waals surface area contributed by atoms with Crippen LogP contribution in [0, 0.1) is 0 Å². The van der Waals surface area contributed by atoms with E-state index >= 15 is 0 Å². The van der Waals surface area contributed by atoms with E-state index in [1.807, 2.05) is 6.08 Å². The van der Waals surface area contributed by atoms with Crippen LogP contribution >= 0.6 is 0 Å². The van der Waals surface area contributed by atoms with Gasteiger partial charge in [-0.25, -0.2) is 0 Å². The Morgan fingerprint density at radius 1 is 0.273 bits per heavy atom. The molecule has 6 nitrogen and oxygen atoms in total. The number of rotatable bonds is 60. The summed E-state index contributed by atoms with van der Waals surface area (Å²) in [6.45, 7) is 6.48. The third-order valence-corrected chi connectivity index (χ3v) is 14.4. The first kappa shape index (κ1) is 73.6. The zero-order valence-electron chi connectivity index (χ0n) is 51.0. The molecule has 0 N–H and O–H groups in total. The molecule has 0 aliphatic heterocycles. The van der Waals surface area contributed by atoms with Crippen molar-refractivity contribution in [2.75, 3.05) is 13.2 Å². The van der Waals surface area contributed by atoms with Gasteiger partial charge in [0.1, 0.15) is 13.2 Å². The molecule has 0 fully saturated rings. The van der Waals surface area contributed by atoms with E-state index < -0.39 is 6.10 Å². The molecule has 0 aromatic rings. The number of unbranched alkanes of at least 4 members (excludes halogenated alkanes) is 35. The maximum Gasteiger partial charge on any atom is 0.306 e. The van der Waals surface area contributed by atoms with Crippen LogP contribution in [0.5, 0.6) is 0 Å². The van der Waals surface area contributed by atoms with E-state index in [1.165, 1.54) is 212 Å². The lowest BCUT2D eigenvalue weighted by Crippen LogP contribution is -2.30. The fourth-order valence-corrected chi connectivity index (χ4v) is 9.43. The Labute approximate surface area is 477 Å². The summed E-state index contributed by atoms with van der Waals surface area (Å²) in [6.07, 6.45) is 86.2. The summed E-state index contributed by atoms with van der Waals surface area (Å²) in [5.41, 5.74) is 0. The minimum Gasteiger partial charge on any atom is -0.462 e. The Hall–Kier alpha value is -3.41. The zero-order valence-corrected chi connectivity index (χ0v) is 51.0. The average molecular weight is 1070 g/mol. The first-order valence-electron chi connectivity index (χ1n) is 33.1. The molecule has 0 heterocycles. The minimum atomic E-state index is -0.807. The quantitative estimate of drug-likeness (QED) is 0.0261. The Morgan fingerprint density at radius 3 is 0.883 bits per heavy atom. The van der Waals surface area contributed by atoms with Crippen LogP contribution in [0.1, 0.15) is 329 Å². The van der Waals surface area contributed by atoms with Gasteiger partial charge in [0.2, 0.25) is 0 Å². The highest BCUT2D eigenvalue weighted by Gasteiger charge is 2.19. The van der Waals surface area contributed by atoms with Crippen molar-refractivity contribution in [3.05, 3.63) is 85.1 Å². The van der Waals surface area contributed by atoms with E-state index in [1.54, 1.807) is 0 Å². The number of ether oxygens (including phenoxy) is 3. The van der Waals surface area contributed by atoms with E-state index in [-0.39, 0.29) is 37.5 Å². The fraction of sp³-hybridized carbons (Fsp3) is 0.761. The van der Waals surface area contributed by atoms with Crippen molar-refractivity contribution in [2.24, 2.45) is 0 Å². The fourth-order valence-electron chi connectivity index (χ4n) is 9.43. The highest BCUT2D eigenvalue weighted by Crippen LogP contribution is 2.17. The highest BCUT2D eigenvalue weighted by atomic mass is 16.6. The van der Waals surface area contributed by atoms with E-state index in [4.69, 9.17) is 14.2 Å². The lowest BCUT2D eigenvalue weighted by Gasteiger charge is -2.18. The maximum absolute atomic E-state index is 12.9. The van der Waals surface area contributed by atoms with Crippen molar-refractivity contribution in [3.63, 3.8) is 0 Å². The highest BCUT2D eigenvalue weighted by molar-refractivity contribution is 5.71. The minimum absolute atomic E-state index is 0.0980. The van der Waals surface area contributed by atoms with Gasteiger partial charge < -0.3 is 14.2 Å². The number of esters is 3. The molecule has 0 radical (unpaired) electrons. The third-order valence-electron chi connectivity index (χ3n) is 14.4. The van der Waals surface area contributed by atoms with Crippen molar-refractivity contribution < 1.29 is 28.6 Å². The zero-order chi connectivity index (χ0) is 55.7. The first-order valence-corrected chi connectivity index (χ1v) is 33.1. The average Bonchev–Trinajstić information content (AvgIpc) is 3.43. The van der Waals surface area contributed by atoms with Crippen molar-refractivity contribution in [1.29, 1.82) is 0 Å². The molecule has 0 spiro atoms. The summed E-state index contributed by atoms with van der Waals surface area (Å²) in [7, 11) is 0. The standard InChI is InChI=1S/C71H124O6/c1-4-7-10-13-16-19-22-25-27-29-30-31-32-33-34-35-36-37-38-39-40-42-43-46-49-52-55-58-61-64-70(73)76-67-68(66-75-69(72)63-60-57-54-51-48-45-24-21-18-15-12-9-6-3)77-71(74)65-62-59-56-53-50-47-44-41-28-26-23-20-17-14-11-8-5-2/h9,12,18,21-22,25-26,28-30,45,48,54,57,68H,4-8,10-11,13-17,19-20,23-24,27,31-44,46-47,49-53,55-56,58-67H2,1-3H3/b12-9-,21-18-,25-22-,28-26-,30-29-,48-45-,57-54-. The molecule has 77 heavy (non-hydrogen) atoms. The van der Waals surface area contributed by atoms with Crippen LogP contribution in [0.3, 0.4) is 0 Å². The number of allylic oxidation sites excluding steroid dienone is 14. The van der Waals surface area contributed by atoms with Gasteiger partial charge >= 0.3 is 17.9 Å². The SMILES string of the molecule is CC/C=C\C/C=C\C/C=C\C/C=C\CCC(=O)OCC(COC(=O)CCCCCCCCCCCCCCCCCCC/C=C\C/C=C\CCCCCCC)OC(=O)CCCCCCCCC/C=C\CCCCCCCC. The monoisotopic (exact) mass is 1070 g/mol. The van der Waals surface area contributed by atoms with Gasteiger partial charge in [-0.05, 0) is 103 Å². The molecule has 1 atom stereocenters. The van der Waals surface area contributed by atoms with Crippen LogP contribution in [0.4, 0.5) is 0 Å². The van der Waals surface area contributed by atoms with Crippen LogP contribution in [-0.2, 0) is 28.6 Å². The van der Waals surface area contributed by atoms with Crippen molar-refractivity contribution >= 4 is 17.9 Å². The van der Waals surface area contributed by atoms with Gasteiger partial charge in [-0.2, -0.15) is 0 Å². The Balaban J connectivity index is 4.25. The van der Waals surface area contributed by atoms with Crippen LogP contribution in [0.2, 0.25) is 0 Å². The lowest BCUT2D eigenvalue weighted by molar-refractivity contribution is -0.166. The summed E-state index contributed by atoms with van der Waals surface area (Å²) in [4.78, 5) is 38.2. The molecular formula is C71H124O6. The Kier molecular flexibility index (Phi) is 62.2. The molecule has 0 rings (SSSR count). The van der Waals surface area contributed by atoms with Crippen LogP contribution in [0.25, 0.3) is 0 Å². The van der Waals surface area contributed by atoms with E-state index in [0.29, 0.717) is 19.3 Å². The summed E-state index contributed by atoms with van der Waals surface area (Å²) in [5.74, 6) is -0.975. The van der Waals surface area contributed by atoms with Gasteiger partial charge in [-0.15, -0.1) is 0 Å². The molecule has 0 saturated carbocycles. The molecule has 0 bridgehead atoms. The molecule has 0 saturated heterocycles. The number of carbonyl (C=O) groups is 3. The smallest absolute Gasteiger partial charge is 0.306 e. The van der Waals surface area contributed by atoms with Crippen LogP contribution in [-0.4, -0.2) is 37.2 Å². The summed E-state index contributed by atoms with van der Waals surface area (Å²) >= 11 is 0. The van der Waals surface area contributed by atoms with Crippen molar-refractivity contribution in [2.45, 2.75) is 335 Å². The molecule has 0 aliphatic carbocycles. The van der Waals surface area contributed by atoms with Gasteiger partial charge in [0.15, 0.2) is 6.10 Å². The lowest BCUT2D eigenvalue weighted by atomic mass is 10.0. The topological polar surface area (TPSA) is 78.9 Å². The number of hydrogen-bond acceptors (Lipinski definition) is 6. The number of hydrogen-bond donors (Lipinski definition) is 0. The molecule has 6 heteroatoms. The van der Waals surface area contributed by atoms with E-state index in [2.05, 4.69) is 99.8 Å². The normalized spacial score (nSPS) is 12.6. The van der Waals surface area contributed by atoms with Gasteiger partial charge in [0, 0.05) is 19.3 Å². The van der Waals surface area contributed by atoms with Crippen LogP contribution < -0.4 is 0 Å². The van der Waals surface area contributed by atoms with Gasteiger partial charge in [-0.1, -0.05) is 292 Å². The second kappa shape index (κ2) is 65.1. The largest absolute Gasteiger partial charge is 0.462 e. The summed E-state index contributed by atoms with van der Waals surface area (Å²) in [5, 5.41) is 0. The molecule has 444 valence electrons. The van der Waals surface area contributed by atoms with Crippen molar-refractivity contribution in [3.8, 4) is 0 Å². The summed E-state index contributed by atoms with van der Waals surface area (Å²) in [6, 6.07) is 0. The van der Waals surface area contributed by atoms with Gasteiger partial charge in [0.25, 0.3) is 0 Å². The predicted molar refractivity (Wildman–Crippen MR) is 334 cm³/mol. The number of carbonyl (C=O) groups excluding carboxylic acids is 3. The van der Waals surface area contributed by atoms with Gasteiger partial charge in [-0.3, -0.25) is 14.4 Å². The first-order chi connectivity index (χ1) is 38.0. The van der Waals surface area contributed by atoms with Crippen LogP contribution in [0.15, 0.2) is 85.1 Å². The third kappa shape index (κ3) is 63.3. The predicted octanol–water partition coefficient (Wildman–Crippen LogP) is 22.7.